The lowest BCUT2D eigenvalue weighted by atomic mass is 10.1. The lowest BCUT2D eigenvalue weighted by Gasteiger charge is -2.16. The first kappa shape index (κ1) is 15.0. The van der Waals surface area contributed by atoms with Gasteiger partial charge in [0, 0.05) is 11.9 Å². The summed E-state index contributed by atoms with van der Waals surface area (Å²) in [6, 6.07) is 0. The van der Waals surface area contributed by atoms with Crippen LogP contribution in [0.5, 0.6) is 0 Å². The molecule has 0 aliphatic carbocycles. The number of rotatable bonds is 8. The van der Waals surface area contributed by atoms with Crippen LogP contribution in [-0.4, -0.2) is 16.8 Å². The van der Waals surface area contributed by atoms with Crippen molar-refractivity contribution >= 4 is 28.7 Å². The van der Waals surface area contributed by atoms with E-state index in [4.69, 9.17) is 11.8 Å². The predicted molar refractivity (Wildman–Crippen MR) is 72.8 cm³/mol. The first-order valence-corrected chi connectivity index (χ1v) is 10.0. The molecule has 2 unspecified atom stereocenters. The molecule has 0 radical (unpaired) electrons. The van der Waals surface area contributed by atoms with Gasteiger partial charge >= 0.3 is 0 Å². The maximum Gasteiger partial charge on any atom is 0.116 e. The second-order valence-electron chi connectivity index (χ2n) is 3.90. The highest BCUT2D eigenvalue weighted by Gasteiger charge is 2.14. The van der Waals surface area contributed by atoms with Gasteiger partial charge < -0.3 is 4.89 Å². The van der Waals surface area contributed by atoms with Crippen LogP contribution in [0.15, 0.2) is 0 Å². The Morgan fingerprint density at radius 2 is 2.00 bits per heavy atom. The van der Waals surface area contributed by atoms with Gasteiger partial charge in [-0.05, 0) is 12.3 Å². The molecule has 0 amide bonds. The van der Waals surface area contributed by atoms with Crippen LogP contribution in [0.1, 0.15) is 46.5 Å². The van der Waals surface area contributed by atoms with Crippen molar-refractivity contribution in [1.29, 1.82) is 0 Å². The Labute approximate surface area is 97.9 Å². The highest BCUT2D eigenvalue weighted by Crippen LogP contribution is 2.56. The molecule has 0 aromatic rings. The molecule has 0 fully saturated rings. The van der Waals surface area contributed by atoms with E-state index in [0.717, 1.165) is 24.8 Å². The lowest BCUT2D eigenvalue weighted by molar-refractivity contribution is 0.585. The minimum atomic E-state index is -2.04. The zero-order valence-electron chi connectivity index (χ0n) is 9.53. The third kappa shape index (κ3) is 8.28. The van der Waals surface area contributed by atoms with Crippen LogP contribution in [0.3, 0.4) is 0 Å². The summed E-state index contributed by atoms with van der Waals surface area (Å²) in [6.45, 7) is 6.58. The van der Waals surface area contributed by atoms with Crippen LogP contribution in [-0.2, 0) is 11.8 Å². The van der Waals surface area contributed by atoms with E-state index in [1.807, 2.05) is 0 Å². The largest absolute Gasteiger partial charge is 0.357 e. The van der Waals surface area contributed by atoms with E-state index in [1.165, 1.54) is 12.8 Å². The monoisotopic (exact) mass is 254 g/mol. The Hall–Kier alpha value is 0.960. The quantitative estimate of drug-likeness (QED) is 0.654. The molecule has 1 N–H and O–H groups in total. The zero-order chi connectivity index (χ0) is 11.0. The van der Waals surface area contributed by atoms with E-state index in [0.29, 0.717) is 5.92 Å². The summed E-state index contributed by atoms with van der Waals surface area (Å²) in [6.07, 6.45) is 5.52. The highest BCUT2D eigenvalue weighted by molar-refractivity contribution is 8.69. The molecular weight excluding hydrogens is 231 g/mol. The summed E-state index contributed by atoms with van der Waals surface area (Å²) in [7, 11) is 0. The van der Waals surface area contributed by atoms with E-state index < -0.39 is 5.47 Å². The van der Waals surface area contributed by atoms with Crippen molar-refractivity contribution in [2.45, 2.75) is 46.5 Å². The molecule has 0 aromatic carbocycles. The molecule has 0 rings (SSSR count). The van der Waals surface area contributed by atoms with E-state index in [2.05, 4.69) is 20.8 Å². The summed E-state index contributed by atoms with van der Waals surface area (Å²) in [4.78, 5) is 9.95. The van der Waals surface area contributed by atoms with Gasteiger partial charge in [-0.1, -0.05) is 63.2 Å². The van der Waals surface area contributed by atoms with E-state index in [-0.39, 0.29) is 0 Å². The average molecular weight is 254 g/mol. The molecule has 86 valence electrons. The Morgan fingerprint density at radius 3 is 2.50 bits per heavy atom. The third-order valence-electron chi connectivity index (χ3n) is 2.14. The SMILES string of the molecule is CCCCP(O)(=S)SCC(C)CCC. The smallest absolute Gasteiger partial charge is 0.116 e. The Balaban J connectivity index is 3.69. The first-order chi connectivity index (χ1) is 6.52. The molecule has 0 aliphatic rings. The summed E-state index contributed by atoms with van der Waals surface area (Å²) in [5.74, 6) is 1.73. The van der Waals surface area contributed by atoms with Gasteiger partial charge in [0.05, 0.1) is 0 Å². The summed E-state index contributed by atoms with van der Waals surface area (Å²) in [5, 5.41) is 0. The average Bonchev–Trinajstić information content (AvgIpc) is 2.13. The summed E-state index contributed by atoms with van der Waals surface area (Å²) in [5.41, 5.74) is -2.04. The maximum atomic E-state index is 9.95. The molecule has 0 heterocycles. The molecule has 0 aromatic heterocycles. The number of hydrogen-bond donors (Lipinski definition) is 1. The van der Waals surface area contributed by atoms with Gasteiger partial charge in [-0.3, -0.25) is 0 Å². The van der Waals surface area contributed by atoms with Crippen molar-refractivity contribution < 1.29 is 4.89 Å². The minimum Gasteiger partial charge on any atom is -0.357 e. The second-order valence-corrected chi connectivity index (χ2v) is 11.3. The Bertz CT molecular complexity index is 185. The lowest BCUT2D eigenvalue weighted by Crippen LogP contribution is -1.97. The van der Waals surface area contributed by atoms with Gasteiger partial charge in [0.2, 0.25) is 0 Å². The Kier molecular flexibility index (Phi) is 8.71. The highest BCUT2D eigenvalue weighted by atomic mass is 32.9. The fraction of sp³-hybridized carbons (Fsp3) is 1.00. The van der Waals surface area contributed by atoms with Crippen LogP contribution in [0.2, 0.25) is 0 Å². The molecule has 1 nitrogen and oxygen atoms in total. The van der Waals surface area contributed by atoms with Gasteiger partial charge in [-0.15, -0.1) is 0 Å². The normalized spacial score (nSPS) is 17.7. The van der Waals surface area contributed by atoms with Crippen molar-refractivity contribution in [3.63, 3.8) is 0 Å². The number of unbranched alkanes of at least 4 members (excludes halogenated alkanes) is 1. The Morgan fingerprint density at radius 1 is 1.36 bits per heavy atom. The van der Waals surface area contributed by atoms with E-state index in [1.54, 1.807) is 11.4 Å². The second kappa shape index (κ2) is 8.15. The van der Waals surface area contributed by atoms with Gasteiger partial charge in [0.1, 0.15) is 5.47 Å². The van der Waals surface area contributed by atoms with Crippen LogP contribution in [0.25, 0.3) is 0 Å². The fourth-order valence-corrected chi connectivity index (χ4v) is 5.91. The summed E-state index contributed by atoms with van der Waals surface area (Å²) >= 11 is 6.89. The van der Waals surface area contributed by atoms with Crippen LogP contribution in [0.4, 0.5) is 0 Å². The first-order valence-electron chi connectivity index (χ1n) is 5.48. The van der Waals surface area contributed by atoms with Gasteiger partial charge in [0.15, 0.2) is 0 Å². The fourth-order valence-electron chi connectivity index (χ4n) is 1.24. The molecule has 0 saturated carbocycles. The van der Waals surface area contributed by atoms with Crippen molar-refractivity contribution in [3.8, 4) is 0 Å². The zero-order valence-corrected chi connectivity index (χ0v) is 12.1. The summed E-state index contributed by atoms with van der Waals surface area (Å²) < 4.78 is 0. The molecule has 4 heteroatoms. The van der Waals surface area contributed by atoms with Crippen molar-refractivity contribution in [2.75, 3.05) is 11.9 Å². The minimum absolute atomic E-state index is 0.695. The molecular formula is C10H23OPS2. The number of hydrogen-bond acceptors (Lipinski definition) is 2. The van der Waals surface area contributed by atoms with Crippen molar-refractivity contribution in [3.05, 3.63) is 0 Å². The molecule has 2 atom stereocenters. The molecule has 14 heavy (non-hydrogen) atoms. The molecule has 0 bridgehead atoms. The molecule has 0 saturated heterocycles. The molecule has 0 aliphatic heterocycles. The van der Waals surface area contributed by atoms with Crippen LogP contribution in [0, 0.1) is 5.92 Å². The van der Waals surface area contributed by atoms with Gasteiger partial charge in [0.25, 0.3) is 0 Å². The van der Waals surface area contributed by atoms with Crippen molar-refractivity contribution in [2.24, 2.45) is 5.92 Å². The van der Waals surface area contributed by atoms with Gasteiger partial charge in [-0.25, -0.2) is 0 Å². The topological polar surface area (TPSA) is 20.2 Å². The maximum absolute atomic E-state index is 9.95. The molecule has 0 spiro atoms. The van der Waals surface area contributed by atoms with E-state index in [9.17, 15) is 4.89 Å². The van der Waals surface area contributed by atoms with E-state index >= 15 is 0 Å². The van der Waals surface area contributed by atoms with Crippen molar-refractivity contribution in [1.82, 2.24) is 0 Å². The van der Waals surface area contributed by atoms with Crippen LogP contribution >= 0.6 is 16.8 Å². The third-order valence-corrected chi connectivity index (χ3v) is 7.84. The standard InChI is InChI=1S/C10H23OPS2/c1-4-6-8-12(11,13)14-9-10(3)7-5-2/h10H,4-9H2,1-3H3,(H,11,13). The predicted octanol–water partition coefficient (Wildman–Crippen LogP) is 4.26. The van der Waals surface area contributed by atoms with Crippen LogP contribution < -0.4 is 0 Å². The van der Waals surface area contributed by atoms with Gasteiger partial charge in [-0.2, -0.15) is 0 Å².